The van der Waals surface area contributed by atoms with Gasteiger partial charge in [-0.1, -0.05) is 20.8 Å². The summed E-state index contributed by atoms with van der Waals surface area (Å²) in [4.78, 5) is 8.26. The molecule has 0 amide bonds. The van der Waals surface area contributed by atoms with E-state index in [2.05, 4.69) is 16.9 Å². The van der Waals surface area contributed by atoms with Crippen LogP contribution in [0, 0.1) is 0 Å². The number of nitrogen functional groups attached to an aromatic ring is 1. The number of rotatable bonds is 1. The maximum absolute atomic E-state index is 5.63. The molecule has 4 heteroatoms. The zero-order chi connectivity index (χ0) is 10.6. The summed E-state index contributed by atoms with van der Waals surface area (Å²) in [6.07, 6.45) is 6.40. The second-order valence-corrected chi connectivity index (χ2v) is 2.63. The van der Waals surface area contributed by atoms with Gasteiger partial charge >= 0.3 is 0 Å². The number of aryl methyl sites for hydroxylation is 1. The van der Waals surface area contributed by atoms with Crippen LogP contribution in [0.3, 0.4) is 0 Å². The molecule has 0 spiro atoms. The van der Waals surface area contributed by atoms with Crippen LogP contribution in [-0.4, -0.2) is 14.4 Å². The quantitative estimate of drug-likeness (QED) is 0.750. The van der Waals surface area contributed by atoms with Gasteiger partial charge in [-0.05, 0) is 6.42 Å². The average molecular weight is 192 g/mol. The molecular weight excluding hydrogens is 176 g/mol. The van der Waals surface area contributed by atoms with E-state index in [0.717, 1.165) is 17.8 Å². The highest BCUT2D eigenvalue weighted by molar-refractivity contribution is 5.59. The lowest BCUT2D eigenvalue weighted by molar-refractivity contribution is 1.07. The Balaban J connectivity index is 0.000000461. The minimum Gasteiger partial charge on any atom is -0.381 e. The van der Waals surface area contributed by atoms with E-state index in [1.807, 2.05) is 30.6 Å². The van der Waals surface area contributed by atoms with Crippen molar-refractivity contribution in [1.29, 1.82) is 0 Å². The molecule has 2 rings (SSSR count). The Morgan fingerprint density at radius 3 is 2.71 bits per heavy atom. The van der Waals surface area contributed by atoms with E-state index < -0.39 is 0 Å². The summed E-state index contributed by atoms with van der Waals surface area (Å²) in [7, 11) is 0. The van der Waals surface area contributed by atoms with E-state index in [9.17, 15) is 0 Å². The first-order valence-corrected chi connectivity index (χ1v) is 4.89. The van der Waals surface area contributed by atoms with Gasteiger partial charge in [0.2, 0.25) is 0 Å². The molecule has 0 aliphatic carbocycles. The van der Waals surface area contributed by atoms with Crippen molar-refractivity contribution in [3.05, 3.63) is 24.3 Å². The van der Waals surface area contributed by atoms with Gasteiger partial charge in [0.15, 0.2) is 11.5 Å². The van der Waals surface area contributed by atoms with Gasteiger partial charge in [-0.2, -0.15) is 0 Å². The van der Waals surface area contributed by atoms with Crippen LogP contribution in [-0.2, 0) is 6.42 Å². The SMILES string of the molecule is CC.CCc1cn2ccnc(N)c2n1. The number of nitrogens with two attached hydrogens (primary N) is 1. The Hall–Kier alpha value is -1.58. The van der Waals surface area contributed by atoms with Crippen LogP contribution in [0.25, 0.3) is 5.65 Å². The van der Waals surface area contributed by atoms with Crippen LogP contribution in [0.1, 0.15) is 26.5 Å². The molecule has 2 N–H and O–H groups in total. The molecule has 4 nitrogen and oxygen atoms in total. The topological polar surface area (TPSA) is 56.2 Å². The van der Waals surface area contributed by atoms with Crippen LogP contribution in [0.5, 0.6) is 0 Å². The molecule has 14 heavy (non-hydrogen) atoms. The number of anilines is 1. The number of aromatic nitrogens is 3. The Kier molecular flexibility index (Phi) is 3.45. The lowest BCUT2D eigenvalue weighted by Crippen LogP contribution is -1.94. The molecule has 0 aliphatic heterocycles. The van der Waals surface area contributed by atoms with Gasteiger partial charge in [-0.15, -0.1) is 0 Å². The normalized spacial score (nSPS) is 9.64. The summed E-state index contributed by atoms with van der Waals surface area (Å²) < 4.78 is 1.89. The van der Waals surface area contributed by atoms with E-state index in [1.54, 1.807) is 6.20 Å². The first-order valence-electron chi connectivity index (χ1n) is 4.89. The van der Waals surface area contributed by atoms with Crippen LogP contribution in [0.15, 0.2) is 18.6 Å². The summed E-state index contributed by atoms with van der Waals surface area (Å²) in [6, 6.07) is 0. The Bertz CT molecular complexity index is 405. The number of nitrogens with zero attached hydrogens (tertiary/aromatic N) is 3. The molecule has 2 aromatic heterocycles. The summed E-state index contributed by atoms with van der Waals surface area (Å²) >= 11 is 0. The molecule has 0 aromatic carbocycles. The third-order valence-electron chi connectivity index (χ3n) is 1.81. The van der Waals surface area contributed by atoms with Crippen molar-refractivity contribution in [1.82, 2.24) is 14.4 Å². The van der Waals surface area contributed by atoms with E-state index >= 15 is 0 Å². The van der Waals surface area contributed by atoms with Gasteiger partial charge in [0, 0.05) is 18.6 Å². The van der Waals surface area contributed by atoms with Gasteiger partial charge < -0.3 is 10.1 Å². The van der Waals surface area contributed by atoms with Crippen LogP contribution >= 0.6 is 0 Å². The average Bonchev–Trinajstić information content (AvgIpc) is 2.65. The van der Waals surface area contributed by atoms with E-state index in [4.69, 9.17) is 5.73 Å². The van der Waals surface area contributed by atoms with E-state index in [-0.39, 0.29) is 0 Å². The highest BCUT2D eigenvalue weighted by Crippen LogP contribution is 2.09. The van der Waals surface area contributed by atoms with Crippen molar-refractivity contribution in [3.63, 3.8) is 0 Å². The molecule has 2 heterocycles. The summed E-state index contributed by atoms with van der Waals surface area (Å²) in [5.41, 5.74) is 7.41. The fraction of sp³-hybridized carbons (Fsp3) is 0.400. The lowest BCUT2D eigenvalue weighted by atomic mass is 10.4. The van der Waals surface area contributed by atoms with Gasteiger partial charge in [-0.25, -0.2) is 9.97 Å². The van der Waals surface area contributed by atoms with E-state index in [1.165, 1.54) is 0 Å². The van der Waals surface area contributed by atoms with Gasteiger partial charge in [0.1, 0.15) is 0 Å². The van der Waals surface area contributed by atoms with Crippen molar-refractivity contribution >= 4 is 11.5 Å². The third kappa shape index (κ3) is 1.84. The number of fused-ring (bicyclic) bond motifs is 1. The maximum atomic E-state index is 5.63. The van der Waals surface area contributed by atoms with Crippen molar-refractivity contribution in [2.75, 3.05) is 5.73 Å². The van der Waals surface area contributed by atoms with Crippen LogP contribution in [0.4, 0.5) is 5.82 Å². The first-order chi connectivity index (χ1) is 6.81. The van der Waals surface area contributed by atoms with Crippen LogP contribution < -0.4 is 5.73 Å². The number of hydrogen-bond acceptors (Lipinski definition) is 3. The minimum absolute atomic E-state index is 0.484. The zero-order valence-electron chi connectivity index (χ0n) is 8.86. The van der Waals surface area contributed by atoms with Crippen LogP contribution in [0.2, 0.25) is 0 Å². The minimum atomic E-state index is 0.484. The standard InChI is InChI=1S/C8H10N4.C2H6/c1-2-6-5-12-4-3-10-7(9)8(12)11-6;1-2/h3-5H,2H2,1H3,(H2,9,10);1-2H3. The Morgan fingerprint density at radius 2 is 2.14 bits per heavy atom. The smallest absolute Gasteiger partial charge is 0.180 e. The van der Waals surface area contributed by atoms with E-state index in [0.29, 0.717) is 5.82 Å². The molecule has 0 radical (unpaired) electrons. The van der Waals surface area contributed by atoms with Crippen molar-refractivity contribution in [3.8, 4) is 0 Å². The molecule has 2 aromatic rings. The molecule has 76 valence electrons. The lowest BCUT2D eigenvalue weighted by Gasteiger charge is -1.93. The summed E-state index contributed by atoms with van der Waals surface area (Å²) in [6.45, 7) is 6.06. The highest BCUT2D eigenvalue weighted by Gasteiger charge is 2.02. The second kappa shape index (κ2) is 4.60. The number of imidazole rings is 1. The molecule has 0 saturated heterocycles. The molecule has 0 fully saturated rings. The fourth-order valence-electron chi connectivity index (χ4n) is 1.16. The molecular formula is C10H16N4. The van der Waals surface area contributed by atoms with Crippen molar-refractivity contribution in [2.45, 2.75) is 27.2 Å². The summed E-state index contributed by atoms with van der Waals surface area (Å²) in [5.74, 6) is 0.484. The predicted molar refractivity (Wildman–Crippen MR) is 58.1 cm³/mol. The van der Waals surface area contributed by atoms with Crippen molar-refractivity contribution in [2.24, 2.45) is 0 Å². The fourth-order valence-corrected chi connectivity index (χ4v) is 1.16. The van der Waals surface area contributed by atoms with Gasteiger partial charge in [0.05, 0.1) is 5.69 Å². The summed E-state index contributed by atoms with van der Waals surface area (Å²) in [5, 5.41) is 0. The predicted octanol–water partition coefficient (Wildman–Crippen LogP) is 1.90. The number of hydrogen-bond donors (Lipinski definition) is 1. The van der Waals surface area contributed by atoms with Crippen molar-refractivity contribution < 1.29 is 0 Å². The first kappa shape index (κ1) is 10.5. The molecule has 0 bridgehead atoms. The molecule has 0 aliphatic rings. The molecule has 0 unspecified atom stereocenters. The second-order valence-electron chi connectivity index (χ2n) is 2.63. The molecule has 0 saturated carbocycles. The largest absolute Gasteiger partial charge is 0.381 e. The Morgan fingerprint density at radius 1 is 1.43 bits per heavy atom. The highest BCUT2D eigenvalue weighted by atomic mass is 15.0. The Labute approximate surface area is 83.8 Å². The van der Waals surface area contributed by atoms with Gasteiger partial charge in [0.25, 0.3) is 0 Å². The maximum Gasteiger partial charge on any atom is 0.180 e. The van der Waals surface area contributed by atoms with Gasteiger partial charge in [-0.3, -0.25) is 0 Å². The zero-order valence-corrected chi connectivity index (χ0v) is 8.86. The molecule has 0 atom stereocenters. The third-order valence-corrected chi connectivity index (χ3v) is 1.81. The monoisotopic (exact) mass is 192 g/mol.